The van der Waals surface area contributed by atoms with Crippen LogP contribution in [0.15, 0.2) is 54.7 Å². The van der Waals surface area contributed by atoms with Crippen molar-refractivity contribution in [2.45, 2.75) is 6.54 Å². The minimum atomic E-state index is -0.508. The van der Waals surface area contributed by atoms with E-state index >= 15 is 0 Å². The van der Waals surface area contributed by atoms with Gasteiger partial charge in [0.15, 0.2) is 0 Å². The highest BCUT2D eigenvalue weighted by molar-refractivity contribution is 7.16. The Morgan fingerprint density at radius 2 is 1.67 bits per heavy atom. The van der Waals surface area contributed by atoms with E-state index in [1.165, 1.54) is 29.5 Å². The summed E-state index contributed by atoms with van der Waals surface area (Å²) in [4.78, 5) is 31.3. The Morgan fingerprint density at radius 1 is 1.00 bits per heavy atom. The molecule has 0 aliphatic carbocycles. The Bertz CT molecular complexity index is 997. The highest BCUT2D eigenvalue weighted by atomic mass is 32.1. The van der Waals surface area contributed by atoms with Crippen molar-refractivity contribution in [3.63, 3.8) is 0 Å². The smallest absolute Gasteiger partial charge is 0.325 e. The first-order valence-electron chi connectivity index (χ1n) is 9.13. The largest absolute Gasteiger partial charge is 0.497 e. The molecule has 156 valence electrons. The van der Waals surface area contributed by atoms with Crippen molar-refractivity contribution >= 4 is 23.2 Å². The lowest BCUT2D eigenvalue weighted by Crippen LogP contribution is -2.35. The molecular formula is C22H22N2O5S. The third-order valence-corrected chi connectivity index (χ3v) is 5.39. The van der Waals surface area contributed by atoms with Crippen LogP contribution in [0.4, 0.5) is 0 Å². The number of carbonyl (C=O) groups is 2. The zero-order chi connectivity index (χ0) is 21.5. The molecule has 0 atom stereocenters. The lowest BCUT2D eigenvalue weighted by Gasteiger charge is -2.21. The molecule has 7 nitrogen and oxygen atoms in total. The Balaban J connectivity index is 1.87. The second kappa shape index (κ2) is 9.89. The average molecular weight is 426 g/mol. The molecule has 0 fully saturated rings. The molecule has 0 aliphatic rings. The molecule has 8 heteroatoms. The highest BCUT2D eigenvalue weighted by Gasteiger charge is 2.22. The first-order valence-corrected chi connectivity index (χ1v) is 9.95. The van der Waals surface area contributed by atoms with Gasteiger partial charge in [-0.15, -0.1) is 11.3 Å². The maximum Gasteiger partial charge on any atom is 0.325 e. The molecule has 0 bridgehead atoms. The summed E-state index contributed by atoms with van der Waals surface area (Å²) in [5.41, 5.74) is 1.69. The van der Waals surface area contributed by atoms with Crippen LogP contribution in [0.1, 0.15) is 15.2 Å². The molecular weight excluding hydrogens is 404 g/mol. The van der Waals surface area contributed by atoms with Gasteiger partial charge in [0.2, 0.25) is 0 Å². The molecule has 1 aromatic heterocycles. The number of hydrogen-bond acceptors (Lipinski definition) is 7. The number of nitrogens with zero attached hydrogens (tertiary/aromatic N) is 2. The van der Waals surface area contributed by atoms with Crippen molar-refractivity contribution in [1.82, 2.24) is 9.88 Å². The van der Waals surface area contributed by atoms with Crippen molar-refractivity contribution < 1.29 is 23.8 Å². The van der Waals surface area contributed by atoms with Gasteiger partial charge in [0.1, 0.15) is 27.9 Å². The molecule has 0 saturated carbocycles. The second-order valence-electron chi connectivity index (χ2n) is 6.35. The fraction of sp³-hybridized carbons (Fsp3) is 0.227. The third kappa shape index (κ3) is 5.15. The molecule has 3 rings (SSSR count). The number of esters is 1. The van der Waals surface area contributed by atoms with E-state index in [4.69, 9.17) is 14.2 Å². The van der Waals surface area contributed by atoms with Crippen LogP contribution in [-0.4, -0.2) is 49.6 Å². The number of methoxy groups -OCH3 is 3. The number of aromatic nitrogens is 1. The summed E-state index contributed by atoms with van der Waals surface area (Å²) in [5.74, 6) is 0.380. The predicted molar refractivity (Wildman–Crippen MR) is 114 cm³/mol. The first kappa shape index (κ1) is 21.3. The third-order valence-electron chi connectivity index (χ3n) is 4.36. The summed E-state index contributed by atoms with van der Waals surface area (Å²) >= 11 is 1.28. The lowest BCUT2D eigenvalue weighted by molar-refractivity contribution is -0.141. The van der Waals surface area contributed by atoms with Gasteiger partial charge in [-0.3, -0.25) is 9.59 Å². The van der Waals surface area contributed by atoms with E-state index in [-0.39, 0.29) is 19.0 Å². The minimum absolute atomic E-state index is 0.181. The minimum Gasteiger partial charge on any atom is -0.497 e. The lowest BCUT2D eigenvalue weighted by atomic mass is 10.2. The van der Waals surface area contributed by atoms with Gasteiger partial charge in [-0.2, -0.15) is 0 Å². The maximum atomic E-state index is 13.2. The van der Waals surface area contributed by atoms with E-state index < -0.39 is 5.97 Å². The Labute approximate surface area is 178 Å². The van der Waals surface area contributed by atoms with Gasteiger partial charge in [-0.1, -0.05) is 30.3 Å². The van der Waals surface area contributed by atoms with E-state index in [0.717, 1.165) is 16.1 Å². The number of thiazole rings is 1. The molecule has 0 radical (unpaired) electrons. The predicted octanol–water partition coefficient (Wildman–Crippen LogP) is 3.64. The van der Waals surface area contributed by atoms with Gasteiger partial charge < -0.3 is 19.1 Å². The second-order valence-corrected chi connectivity index (χ2v) is 7.38. The summed E-state index contributed by atoms with van der Waals surface area (Å²) in [6.07, 6.45) is 1.53. The van der Waals surface area contributed by atoms with Crippen molar-refractivity contribution in [1.29, 1.82) is 0 Å². The summed E-state index contributed by atoms with van der Waals surface area (Å²) in [6, 6.07) is 14.9. The fourth-order valence-electron chi connectivity index (χ4n) is 2.84. The van der Waals surface area contributed by atoms with Crippen molar-refractivity contribution in [3.8, 4) is 22.1 Å². The Kier molecular flexibility index (Phi) is 7.03. The Hall–Kier alpha value is -3.39. The summed E-state index contributed by atoms with van der Waals surface area (Å²) in [5, 5.41) is 0.736. The van der Waals surface area contributed by atoms with Crippen molar-refractivity contribution in [3.05, 3.63) is 65.2 Å². The van der Waals surface area contributed by atoms with E-state index in [2.05, 4.69) is 4.98 Å². The van der Waals surface area contributed by atoms with Crippen LogP contribution in [0.3, 0.4) is 0 Å². The number of hydrogen-bond donors (Lipinski definition) is 0. The van der Waals surface area contributed by atoms with E-state index in [9.17, 15) is 9.59 Å². The molecule has 1 heterocycles. The van der Waals surface area contributed by atoms with Crippen LogP contribution < -0.4 is 9.47 Å². The van der Waals surface area contributed by atoms with Crippen LogP contribution in [0.2, 0.25) is 0 Å². The quantitative estimate of drug-likeness (QED) is 0.512. The first-order chi connectivity index (χ1) is 14.5. The zero-order valence-electron chi connectivity index (χ0n) is 17.0. The van der Waals surface area contributed by atoms with Gasteiger partial charge in [-0.05, 0) is 17.7 Å². The Morgan fingerprint density at radius 3 is 2.27 bits per heavy atom. The van der Waals surface area contributed by atoms with E-state index in [0.29, 0.717) is 16.4 Å². The van der Waals surface area contributed by atoms with Gasteiger partial charge in [-0.25, -0.2) is 4.98 Å². The van der Waals surface area contributed by atoms with Crippen LogP contribution in [0.5, 0.6) is 11.5 Å². The zero-order valence-corrected chi connectivity index (χ0v) is 17.8. The molecule has 0 unspecified atom stereocenters. The number of carbonyl (C=O) groups excluding carboxylic acids is 2. The maximum absolute atomic E-state index is 13.2. The van der Waals surface area contributed by atoms with Crippen LogP contribution in [0.25, 0.3) is 10.6 Å². The van der Waals surface area contributed by atoms with E-state index in [1.54, 1.807) is 32.4 Å². The summed E-state index contributed by atoms with van der Waals surface area (Å²) in [7, 11) is 4.40. The van der Waals surface area contributed by atoms with Crippen molar-refractivity contribution in [2.24, 2.45) is 0 Å². The highest BCUT2D eigenvalue weighted by Crippen LogP contribution is 2.27. The van der Waals surface area contributed by atoms with Gasteiger partial charge in [0, 0.05) is 18.2 Å². The van der Waals surface area contributed by atoms with Gasteiger partial charge >= 0.3 is 5.97 Å². The SMILES string of the molecule is COC(=O)CN(Cc1cc(OC)cc(OC)c1)C(=O)c1cnc(-c2ccccc2)s1. The topological polar surface area (TPSA) is 78.0 Å². The number of ether oxygens (including phenoxy) is 3. The van der Waals surface area contributed by atoms with E-state index in [1.807, 2.05) is 30.3 Å². The molecule has 0 saturated heterocycles. The molecule has 0 aliphatic heterocycles. The molecule has 0 N–H and O–H groups in total. The van der Waals surface area contributed by atoms with Crippen LogP contribution in [0, 0.1) is 0 Å². The fourth-order valence-corrected chi connectivity index (χ4v) is 3.73. The number of rotatable bonds is 8. The number of benzene rings is 2. The van der Waals surface area contributed by atoms with Crippen LogP contribution in [-0.2, 0) is 16.1 Å². The van der Waals surface area contributed by atoms with Gasteiger partial charge in [0.05, 0.1) is 27.5 Å². The summed E-state index contributed by atoms with van der Waals surface area (Å²) in [6.45, 7) is -0.00646. The molecule has 2 aromatic carbocycles. The molecule has 3 aromatic rings. The normalized spacial score (nSPS) is 10.4. The molecule has 0 spiro atoms. The summed E-state index contributed by atoms with van der Waals surface area (Å²) < 4.78 is 15.4. The average Bonchev–Trinajstić information content (AvgIpc) is 3.28. The van der Waals surface area contributed by atoms with Crippen molar-refractivity contribution in [2.75, 3.05) is 27.9 Å². The molecule has 30 heavy (non-hydrogen) atoms. The molecule has 1 amide bonds. The van der Waals surface area contributed by atoms with Gasteiger partial charge in [0.25, 0.3) is 5.91 Å². The van der Waals surface area contributed by atoms with Crippen LogP contribution >= 0.6 is 11.3 Å². The monoisotopic (exact) mass is 426 g/mol. The number of amides is 1. The standard InChI is InChI=1S/C22H22N2O5S/c1-27-17-9-15(10-18(11-17)28-2)13-24(14-20(25)29-3)22(26)19-12-23-21(30-19)16-7-5-4-6-8-16/h4-12H,13-14H2,1-3H3.